The van der Waals surface area contributed by atoms with Gasteiger partial charge in [-0.25, -0.2) is 0 Å². The summed E-state index contributed by atoms with van der Waals surface area (Å²) in [6.45, 7) is 3.86. The summed E-state index contributed by atoms with van der Waals surface area (Å²) >= 11 is 0. The van der Waals surface area contributed by atoms with Gasteiger partial charge in [-0.05, 0) is 11.1 Å². The summed E-state index contributed by atoms with van der Waals surface area (Å²) in [7, 11) is 0. The van der Waals surface area contributed by atoms with Crippen molar-refractivity contribution in [3.05, 3.63) is 67.1 Å². The minimum absolute atomic E-state index is 0. The van der Waals surface area contributed by atoms with Gasteiger partial charge in [-0.3, -0.25) is 0 Å². The minimum Gasteiger partial charge on any atom is -0.199 e. The van der Waals surface area contributed by atoms with Crippen molar-refractivity contribution in [3.63, 3.8) is 0 Å². The third-order valence-corrected chi connectivity index (χ3v) is 2.06. The van der Waals surface area contributed by atoms with Crippen LogP contribution >= 0.6 is 0 Å². The van der Waals surface area contributed by atoms with Crippen LogP contribution in [0.1, 0.15) is 5.56 Å². The van der Waals surface area contributed by atoms with Gasteiger partial charge in [0.25, 0.3) is 0 Å². The van der Waals surface area contributed by atoms with Gasteiger partial charge in [0.15, 0.2) is 0 Å². The van der Waals surface area contributed by atoms with Crippen LogP contribution in [-0.4, -0.2) is 0 Å². The number of rotatable bonds is 1. The first-order valence-electron chi connectivity index (χ1n) is 4.34. The molecule has 0 nitrogen and oxygen atoms in total. The van der Waals surface area contributed by atoms with Gasteiger partial charge in [0.2, 0.25) is 0 Å². The monoisotopic (exact) mass is 174 g/mol. The van der Waals surface area contributed by atoms with Gasteiger partial charge in [0.1, 0.15) is 0 Å². The molecule has 0 fully saturated rings. The van der Waals surface area contributed by atoms with Crippen LogP contribution in [0.25, 0.3) is 11.1 Å². The maximum absolute atomic E-state index is 3.86. The quantitative estimate of drug-likeness (QED) is 0.437. The largest absolute Gasteiger partial charge is 1.00 e. The van der Waals surface area contributed by atoms with Crippen LogP contribution in [0.3, 0.4) is 0 Å². The fourth-order valence-electron chi connectivity index (χ4n) is 1.33. The molecule has 0 spiro atoms. The van der Waals surface area contributed by atoms with E-state index in [1.807, 2.05) is 30.3 Å². The van der Waals surface area contributed by atoms with Gasteiger partial charge in [-0.1, -0.05) is 30.3 Å². The molecule has 0 aliphatic carbocycles. The molecule has 0 N–H and O–H groups in total. The summed E-state index contributed by atoms with van der Waals surface area (Å²) < 4.78 is 0. The Balaban J connectivity index is 0.000000980. The average molecular weight is 174 g/mol. The second-order valence-electron chi connectivity index (χ2n) is 3.06. The zero-order valence-electron chi connectivity index (χ0n) is 8.40. The second-order valence-corrected chi connectivity index (χ2v) is 3.06. The van der Waals surface area contributed by atoms with Crippen LogP contribution in [0.4, 0.5) is 0 Å². The second kappa shape index (κ2) is 4.96. The molecule has 14 heavy (non-hydrogen) atoms. The van der Waals surface area contributed by atoms with Gasteiger partial charge in [0.05, 0.1) is 0 Å². The fraction of sp³-hybridized carbons (Fsp3) is 0. The molecule has 0 aliphatic rings. The van der Waals surface area contributed by atoms with E-state index in [4.69, 9.17) is 0 Å². The Morgan fingerprint density at radius 3 is 1.71 bits per heavy atom. The number of hydrogen-bond acceptors (Lipinski definition) is 0. The zero-order valence-corrected chi connectivity index (χ0v) is 8.40. The Bertz CT molecular complexity index is 376. The topological polar surface area (TPSA) is 0 Å². The molecule has 0 bridgehead atoms. The van der Waals surface area contributed by atoms with E-state index >= 15 is 0 Å². The van der Waals surface area contributed by atoms with Crippen molar-refractivity contribution in [2.24, 2.45) is 0 Å². The van der Waals surface area contributed by atoms with Crippen molar-refractivity contribution in [2.45, 2.75) is 0 Å². The van der Waals surface area contributed by atoms with Gasteiger partial charge >= 0.3 is 18.9 Å². The van der Waals surface area contributed by atoms with Gasteiger partial charge in [0, 0.05) is 0 Å². The predicted octanol–water partition coefficient (Wildman–Crippen LogP) is 0.540. The molecule has 1 heteroatoms. The first-order valence-corrected chi connectivity index (χ1v) is 4.34. The van der Waals surface area contributed by atoms with Gasteiger partial charge < -0.3 is 0 Å². The maximum atomic E-state index is 3.86. The third kappa shape index (κ3) is 2.45. The number of hydrogen-bond donors (Lipinski definition) is 0. The Morgan fingerprint density at radius 2 is 1.14 bits per heavy atom. The Morgan fingerprint density at radius 1 is 0.643 bits per heavy atom. The molecule has 2 aromatic carbocycles. The van der Waals surface area contributed by atoms with E-state index in [-0.39, 0.29) is 18.9 Å². The van der Waals surface area contributed by atoms with E-state index < -0.39 is 0 Å². The maximum Gasteiger partial charge on any atom is 1.00 e. The van der Waals surface area contributed by atoms with E-state index in [1.165, 1.54) is 11.1 Å². The molecule has 0 aromatic heterocycles. The summed E-state index contributed by atoms with van der Waals surface area (Å²) in [5.41, 5.74) is 3.55. The standard InChI is InChI=1S/C13H11.Li/c1-11-7-9-13(10-8-11)12-5-3-2-4-6-12;/h2-10H,1H2;/q-1;+1. The van der Waals surface area contributed by atoms with Gasteiger partial charge in [-0.2, -0.15) is 24.6 Å². The van der Waals surface area contributed by atoms with Crippen LogP contribution in [0.2, 0.25) is 0 Å². The Kier molecular flexibility index (Phi) is 3.89. The first-order chi connectivity index (χ1) is 6.36. The van der Waals surface area contributed by atoms with E-state index in [0.29, 0.717) is 0 Å². The third-order valence-electron chi connectivity index (χ3n) is 2.06. The van der Waals surface area contributed by atoms with Crippen molar-refractivity contribution < 1.29 is 18.9 Å². The van der Waals surface area contributed by atoms with Crippen LogP contribution < -0.4 is 18.9 Å². The van der Waals surface area contributed by atoms with E-state index in [1.54, 1.807) is 0 Å². The summed E-state index contributed by atoms with van der Waals surface area (Å²) in [5.74, 6) is 0. The Labute approximate surface area is 97.2 Å². The van der Waals surface area contributed by atoms with Crippen molar-refractivity contribution in [2.75, 3.05) is 0 Å². The van der Waals surface area contributed by atoms with Crippen LogP contribution in [0.15, 0.2) is 54.6 Å². The number of benzene rings is 2. The molecule has 0 saturated heterocycles. The van der Waals surface area contributed by atoms with Crippen molar-refractivity contribution >= 4 is 0 Å². The summed E-state index contributed by atoms with van der Waals surface area (Å²) in [6.07, 6.45) is 0. The molecular weight excluding hydrogens is 163 g/mol. The van der Waals surface area contributed by atoms with Crippen LogP contribution in [0.5, 0.6) is 0 Å². The molecule has 2 aromatic rings. The smallest absolute Gasteiger partial charge is 0.199 e. The fourth-order valence-corrected chi connectivity index (χ4v) is 1.33. The molecule has 0 unspecified atom stereocenters. The van der Waals surface area contributed by atoms with Crippen molar-refractivity contribution in [1.29, 1.82) is 0 Å². The normalized spacial score (nSPS) is 9.14. The molecule has 0 amide bonds. The summed E-state index contributed by atoms with van der Waals surface area (Å²) in [4.78, 5) is 0. The molecule has 2 rings (SSSR count). The van der Waals surface area contributed by atoms with Crippen LogP contribution in [-0.2, 0) is 0 Å². The summed E-state index contributed by atoms with van der Waals surface area (Å²) in [6, 6.07) is 18.6. The average Bonchev–Trinajstić information content (AvgIpc) is 2.20. The van der Waals surface area contributed by atoms with E-state index in [2.05, 4.69) is 31.2 Å². The van der Waals surface area contributed by atoms with Crippen molar-refractivity contribution in [3.8, 4) is 11.1 Å². The molecule has 0 atom stereocenters. The zero-order chi connectivity index (χ0) is 9.10. The van der Waals surface area contributed by atoms with Crippen molar-refractivity contribution in [1.82, 2.24) is 0 Å². The minimum atomic E-state index is 0. The SMILES string of the molecule is [CH2-]c1ccc(-c2ccccc2)cc1.[Li+]. The molecule has 64 valence electrons. The predicted molar refractivity (Wildman–Crippen MR) is 56.3 cm³/mol. The van der Waals surface area contributed by atoms with Gasteiger partial charge in [-0.15, -0.1) is 12.1 Å². The van der Waals surface area contributed by atoms with E-state index in [9.17, 15) is 0 Å². The molecular formula is C13H11Li. The molecule has 0 heterocycles. The first kappa shape index (κ1) is 11.0. The Hall–Kier alpha value is -1.09. The molecule has 0 aliphatic heterocycles. The van der Waals surface area contributed by atoms with Crippen LogP contribution in [0, 0.1) is 6.92 Å². The molecule has 0 radical (unpaired) electrons. The van der Waals surface area contributed by atoms with E-state index in [0.717, 1.165) is 5.56 Å². The summed E-state index contributed by atoms with van der Waals surface area (Å²) in [5, 5.41) is 0. The molecule has 0 saturated carbocycles.